The molecule has 0 fully saturated rings. The van der Waals surface area contributed by atoms with Gasteiger partial charge in [-0.1, -0.05) is 6.07 Å². The Balaban J connectivity index is 2.61. The van der Waals surface area contributed by atoms with Gasteiger partial charge in [0.05, 0.1) is 31.2 Å². The summed E-state index contributed by atoms with van der Waals surface area (Å²) in [6.45, 7) is 1.02. The highest BCUT2D eigenvalue weighted by molar-refractivity contribution is 7.87. The topological polar surface area (TPSA) is 193 Å². The van der Waals surface area contributed by atoms with Crippen molar-refractivity contribution in [3.05, 3.63) is 48.0 Å². The van der Waals surface area contributed by atoms with Crippen molar-refractivity contribution >= 4 is 51.6 Å². The van der Waals surface area contributed by atoms with E-state index in [4.69, 9.17) is 9.59 Å². The van der Waals surface area contributed by atoms with E-state index in [9.17, 15) is 40.8 Å². The van der Waals surface area contributed by atoms with Crippen molar-refractivity contribution in [2.45, 2.75) is 18.0 Å². The number of rotatable bonds is 5. The molecule has 39 heavy (non-hydrogen) atoms. The van der Waals surface area contributed by atoms with Crippen LogP contribution in [0.2, 0.25) is 0 Å². The highest BCUT2D eigenvalue weighted by atomic mass is 32.2. The highest BCUT2D eigenvalue weighted by Gasteiger charge is 2.32. The third-order valence-electron chi connectivity index (χ3n) is 4.39. The maximum atomic E-state index is 13.0. The van der Waals surface area contributed by atoms with Gasteiger partial charge in [0.1, 0.15) is 10.6 Å². The number of guanidine groups is 1. The van der Waals surface area contributed by atoms with Crippen LogP contribution in [0, 0.1) is 5.41 Å². The zero-order valence-electron chi connectivity index (χ0n) is 20.2. The van der Waals surface area contributed by atoms with Crippen LogP contribution in [0.1, 0.15) is 12.5 Å². The fourth-order valence-corrected chi connectivity index (χ4v) is 3.74. The molecular weight excluding hydrogens is 555 g/mol. The molecule has 0 bridgehead atoms. The number of hydrogen-bond donors (Lipinski definition) is 4. The quantitative estimate of drug-likeness (QED) is 0.236. The molecule has 0 atom stereocenters. The summed E-state index contributed by atoms with van der Waals surface area (Å²) in [6.07, 6.45) is -7.37. The highest BCUT2D eigenvalue weighted by Crippen LogP contribution is 2.34. The van der Waals surface area contributed by atoms with Gasteiger partial charge in [-0.05, 0) is 30.3 Å². The van der Waals surface area contributed by atoms with Crippen LogP contribution >= 0.6 is 0 Å². The smallest absolute Gasteiger partial charge is 0.421 e. The number of urea groups is 1. The van der Waals surface area contributed by atoms with Crippen molar-refractivity contribution in [1.29, 1.82) is 5.41 Å². The summed E-state index contributed by atoms with van der Waals surface area (Å²) >= 11 is 0. The third-order valence-corrected chi connectivity index (χ3v) is 5.63. The lowest BCUT2D eigenvalue weighted by molar-refractivity contribution is -0.137. The van der Waals surface area contributed by atoms with Gasteiger partial charge in [0, 0.05) is 13.0 Å². The molecule has 0 aliphatic carbocycles. The van der Waals surface area contributed by atoms with Crippen molar-refractivity contribution < 1.29 is 54.4 Å². The van der Waals surface area contributed by atoms with Gasteiger partial charge in [-0.2, -0.15) is 21.6 Å². The summed E-state index contributed by atoms with van der Waals surface area (Å²) in [5, 5.41) is 14.0. The predicted octanol–water partition coefficient (Wildman–Crippen LogP) is 3.00. The lowest BCUT2D eigenvalue weighted by Gasteiger charge is -2.24. The SMILES string of the molecule is COC(=O)NC(=N)N(C(=O)OC)c1cc(OS(=O)(=O)c2cccc(C(F)(F)F)c2)ccc1NC(=O)NC(C)=O. The van der Waals surface area contributed by atoms with E-state index in [2.05, 4.69) is 14.8 Å². The summed E-state index contributed by atoms with van der Waals surface area (Å²) < 4.78 is 78.5. The summed E-state index contributed by atoms with van der Waals surface area (Å²) in [5.74, 6) is -2.37. The molecule has 4 N–H and O–H groups in total. The van der Waals surface area contributed by atoms with E-state index in [1.54, 1.807) is 0 Å². The number of methoxy groups -OCH3 is 2. The number of ether oxygens (including phenoxy) is 2. The van der Waals surface area contributed by atoms with Gasteiger partial charge in [0.25, 0.3) is 0 Å². The van der Waals surface area contributed by atoms with Crippen LogP contribution in [-0.4, -0.2) is 52.7 Å². The molecular formula is C21H20F3N5O9S. The van der Waals surface area contributed by atoms with Gasteiger partial charge >= 0.3 is 34.5 Å². The monoisotopic (exact) mass is 575 g/mol. The number of alkyl halides is 3. The second kappa shape index (κ2) is 12.1. The Kier molecular flexibility index (Phi) is 9.43. The van der Waals surface area contributed by atoms with Crippen molar-refractivity contribution in [3.8, 4) is 5.75 Å². The third kappa shape index (κ3) is 8.06. The molecule has 0 spiro atoms. The first kappa shape index (κ1) is 30.4. The van der Waals surface area contributed by atoms with Crippen LogP contribution in [0.3, 0.4) is 0 Å². The molecule has 18 heteroatoms. The lowest BCUT2D eigenvalue weighted by Crippen LogP contribution is -2.47. The van der Waals surface area contributed by atoms with Crippen LogP contribution in [0.5, 0.6) is 5.75 Å². The van der Waals surface area contributed by atoms with Gasteiger partial charge in [0.15, 0.2) is 0 Å². The van der Waals surface area contributed by atoms with Gasteiger partial charge in [-0.15, -0.1) is 0 Å². The number of imide groups is 1. The number of nitrogens with one attached hydrogen (secondary N) is 4. The molecule has 0 saturated carbocycles. The zero-order chi connectivity index (χ0) is 29.5. The number of hydrogen-bond acceptors (Lipinski definition) is 10. The first-order chi connectivity index (χ1) is 18.1. The Bertz CT molecular complexity index is 1410. The number of anilines is 2. The largest absolute Gasteiger partial charge is 0.453 e. The van der Waals surface area contributed by atoms with Crippen molar-refractivity contribution in [1.82, 2.24) is 10.6 Å². The van der Waals surface area contributed by atoms with Crippen LogP contribution in [0.4, 0.5) is 38.9 Å². The molecule has 210 valence electrons. The minimum atomic E-state index is -4.88. The second-order valence-corrected chi connectivity index (χ2v) is 8.69. The van der Waals surface area contributed by atoms with Crippen LogP contribution in [-0.2, 0) is 30.6 Å². The second-order valence-electron chi connectivity index (χ2n) is 7.15. The van der Waals surface area contributed by atoms with Gasteiger partial charge in [0.2, 0.25) is 11.9 Å². The normalized spacial score (nSPS) is 11.0. The standard InChI is InChI=1S/C21H20F3N5O9S/c1-11(30)26-18(31)27-15-8-7-13(10-16(15)29(20(33)37-3)17(25)28-19(32)36-2)38-39(34,35)14-6-4-5-12(9-14)21(22,23)24/h4-10H,1-3H3,(H2,25,28,32)(H2,26,27,30,31). The molecule has 0 unspecified atom stereocenters. The van der Waals surface area contributed by atoms with Crippen LogP contribution in [0.15, 0.2) is 47.4 Å². The Morgan fingerprint density at radius 1 is 0.974 bits per heavy atom. The molecule has 0 aromatic heterocycles. The fourth-order valence-electron chi connectivity index (χ4n) is 2.78. The summed E-state index contributed by atoms with van der Waals surface area (Å²) in [5.41, 5.74) is -2.12. The average Bonchev–Trinajstić information content (AvgIpc) is 2.84. The minimum Gasteiger partial charge on any atom is -0.453 e. The number of carbonyl (C=O) groups excluding carboxylic acids is 4. The number of benzene rings is 2. The maximum Gasteiger partial charge on any atom is 0.421 e. The maximum absolute atomic E-state index is 13.0. The van der Waals surface area contributed by atoms with E-state index in [0.29, 0.717) is 17.0 Å². The predicted molar refractivity (Wildman–Crippen MR) is 127 cm³/mol. The van der Waals surface area contributed by atoms with Crippen molar-refractivity contribution in [2.24, 2.45) is 0 Å². The van der Waals surface area contributed by atoms with E-state index in [0.717, 1.165) is 51.5 Å². The van der Waals surface area contributed by atoms with Crippen LogP contribution in [0.25, 0.3) is 0 Å². The number of amides is 5. The average molecular weight is 575 g/mol. The summed E-state index contributed by atoms with van der Waals surface area (Å²) in [4.78, 5) is 46.9. The molecule has 14 nitrogen and oxygen atoms in total. The van der Waals surface area contributed by atoms with Gasteiger partial charge < -0.3 is 19.0 Å². The molecule has 0 heterocycles. The van der Waals surface area contributed by atoms with E-state index in [1.165, 1.54) is 0 Å². The zero-order valence-corrected chi connectivity index (χ0v) is 21.0. The van der Waals surface area contributed by atoms with Gasteiger partial charge in [-0.25, -0.2) is 19.3 Å². The molecule has 2 aromatic carbocycles. The molecule has 2 aromatic rings. The van der Waals surface area contributed by atoms with E-state index < -0.39 is 68.3 Å². The number of alkyl carbamates (subject to hydrolysis) is 1. The van der Waals surface area contributed by atoms with E-state index in [-0.39, 0.29) is 5.69 Å². The van der Waals surface area contributed by atoms with E-state index >= 15 is 0 Å². The fraction of sp³-hybridized carbons (Fsp3) is 0.190. The molecule has 5 amide bonds. The molecule has 0 aliphatic heterocycles. The summed E-state index contributed by atoms with van der Waals surface area (Å²) in [6, 6.07) is 4.31. The molecule has 0 saturated heterocycles. The Labute approximate surface area is 218 Å². The Morgan fingerprint density at radius 3 is 2.21 bits per heavy atom. The summed E-state index contributed by atoms with van der Waals surface area (Å²) in [7, 11) is -3.03. The molecule has 0 radical (unpaired) electrons. The van der Waals surface area contributed by atoms with Crippen molar-refractivity contribution in [3.63, 3.8) is 0 Å². The Morgan fingerprint density at radius 2 is 1.64 bits per heavy atom. The van der Waals surface area contributed by atoms with E-state index in [1.807, 2.05) is 10.6 Å². The lowest BCUT2D eigenvalue weighted by atomic mass is 10.2. The Hall–Kier alpha value is -4.87. The minimum absolute atomic E-state index is 0.334. The van der Waals surface area contributed by atoms with Gasteiger partial charge in [-0.3, -0.25) is 20.8 Å². The van der Waals surface area contributed by atoms with Crippen molar-refractivity contribution in [2.75, 3.05) is 24.4 Å². The molecule has 0 aliphatic rings. The molecule has 2 rings (SSSR count). The first-order valence-electron chi connectivity index (χ1n) is 10.2. The number of halogens is 3. The number of carbonyl (C=O) groups is 4. The van der Waals surface area contributed by atoms with Crippen LogP contribution < -0.4 is 25.0 Å². The number of nitrogens with zero attached hydrogens (tertiary/aromatic N) is 1. The first-order valence-corrected chi connectivity index (χ1v) is 11.7.